The van der Waals surface area contributed by atoms with E-state index in [1.54, 1.807) is 5.94 Å². The van der Waals surface area contributed by atoms with Crippen molar-refractivity contribution in [1.29, 1.82) is 0 Å². The Morgan fingerprint density at radius 2 is 2.12 bits per heavy atom. The number of hydrogen-bond donors (Lipinski definition) is 0. The van der Waals surface area contributed by atoms with Crippen LogP contribution in [0.1, 0.15) is 32.6 Å². The molecule has 0 aliphatic heterocycles. The third-order valence-corrected chi connectivity index (χ3v) is 0.977. The van der Waals surface area contributed by atoms with E-state index in [4.69, 9.17) is 0 Å². The largest absolute Gasteiger partial charge is 0.233 e. The van der Waals surface area contributed by atoms with Crippen LogP contribution in [-0.4, -0.2) is 5.94 Å². The number of unbranched alkanes of at least 4 members (excludes halogenated alkanes) is 3. The Morgan fingerprint density at radius 1 is 1.38 bits per heavy atom. The first-order valence-corrected chi connectivity index (χ1v) is 3.01. The summed E-state index contributed by atoms with van der Waals surface area (Å²) in [5.74, 6) is 1.63. The van der Waals surface area contributed by atoms with Crippen LogP contribution in [0, 0.1) is 6.08 Å². The molecule has 0 aromatic heterocycles. The Morgan fingerprint density at radius 3 is 2.62 bits per heavy atom. The van der Waals surface area contributed by atoms with Crippen LogP contribution in [0.4, 0.5) is 0 Å². The standard InChI is InChI=1S/C7H11O/c1-2-3-4-5-6-7-8/h2-5H2,1H3. The van der Waals surface area contributed by atoms with Crippen molar-refractivity contribution in [3.8, 4) is 0 Å². The van der Waals surface area contributed by atoms with Gasteiger partial charge < -0.3 is 0 Å². The zero-order chi connectivity index (χ0) is 6.24. The van der Waals surface area contributed by atoms with E-state index in [1.165, 1.54) is 12.8 Å². The van der Waals surface area contributed by atoms with Gasteiger partial charge in [-0.25, -0.2) is 4.79 Å². The van der Waals surface area contributed by atoms with E-state index in [0.29, 0.717) is 0 Å². The van der Waals surface area contributed by atoms with Crippen LogP contribution in [0.15, 0.2) is 0 Å². The molecule has 0 bridgehead atoms. The fourth-order valence-electron chi connectivity index (χ4n) is 0.514. The second-order valence-corrected chi connectivity index (χ2v) is 1.74. The van der Waals surface area contributed by atoms with Crippen LogP contribution in [0.25, 0.3) is 0 Å². The van der Waals surface area contributed by atoms with E-state index in [2.05, 4.69) is 13.0 Å². The van der Waals surface area contributed by atoms with Crippen molar-refractivity contribution < 1.29 is 4.79 Å². The second-order valence-electron chi connectivity index (χ2n) is 1.74. The molecular weight excluding hydrogens is 100 g/mol. The Hall–Kier alpha value is -0.550. The Kier molecular flexibility index (Phi) is 6.01. The Labute approximate surface area is 50.4 Å². The van der Waals surface area contributed by atoms with E-state index in [1.807, 2.05) is 0 Å². The summed E-state index contributed by atoms with van der Waals surface area (Å²) in [5.41, 5.74) is 0. The van der Waals surface area contributed by atoms with E-state index < -0.39 is 0 Å². The maximum Gasteiger partial charge on any atom is 0.128 e. The van der Waals surface area contributed by atoms with Crippen LogP contribution < -0.4 is 0 Å². The third-order valence-electron chi connectivity index (χ3n) is 0.977. The number of hydrogen-bond acceptors (Lipinski definition) is 1. The van der Waals surface area contributed by atoms with Gasteiger partial charge in [-0.1, -0.05) is 19.8 Å². The van der Waals surface area contributed by atoms with Crippen LogP contribution >= 0.6 is 0 Å². The monoisotopic (exact) mass is 111 g/mol. The van der Waals surface area contributed by atoms with Gasteiger partial charge in [-0.05, 0) is 12.8 Å². The van der Waals surface area contributed by atoms with Crippen molar-refractivity contribution in [3.05, 3.63) is 6.08 Å². The molecule has 0 aliphatic rings. The molecule has 0 amide bonds. The second kappa shape index (κ2) is 6.45. The lowest BCUT2D eigenvalue weighted by molar-refractivity contribution is 0.566. The summed E-state index contributed by atoms with van der Waals surface area (Å²) in [4.78, 5) is 9.53. The minimum absolute atomic E-state index is 0.775. The molecule has 0 atom stereocenters. The van der Waals surface area contributed by atoms with Crippen molar-refractivity contribution in [1.82, 2.24) is 0 Å². The van der Waals surface area contributed by atoms with Crippen LogP contribution in [0.2, 0.25) is 0 Å². The predicted octanol–water partition coefficient (Wildman–Crippen LogP) is 1.76. The SMILES string of the molecule is CCCCC[C]=C=O. The summed E-state index contributed by atoms with van der Waals surface area (Å²) in [7, 11) is 0. The van der Waals surface area contributed by atoms with Crippen molar-refractivity contribution in [2.75, 3.05) is 0 Å². The fourth-order valence-corrected chi connectivity index (χ4v) is 0.514. The molecule has 1 heteroatoms. The van der Waals surface area contributed by atoms with Gasteiger partial charge in [-0.2, -0.15) is 0 Å². The lowest BCUT2D eigenvalue weighted by Gasteiger charge is -1.86. The molecule has 0 aromatic carbocycles. The molecule has 1 nitrogen and oxygen atoms in total. The van der Waals surface area contributed by atoms with Gasteiger partial charge in [-0.3, -0.25) is 0 Å². The quantitative estimate of drug-likeness (QED) is 0.399. The third kappa shape index (κ3) is 5.45. The van der Waals surface area contributed by atoms with Gasteiger partial charge in [0.25, 0.3) is 0 Å². The molecule has 0 saturated carbocycles. The molecule has 45 valence electrons. The van der Waals surface area contributed by atoms with Gasteiger partial charge in [0.2, 0.25) is 0 Å². The molecule has 1 radical (unpaired) electrons. The summed E-state index contributed by atoms with van der Waals surface area (Å²) in [5, 5.41) is 0. The summed E-state index contributed by atoms with van der Waals surface area (Å²) in [6.45, 7) is 2.13. The van der Waals surface area contributed by atoms with Crippen molar-refractivity contribution in [2.45, 2.75) is 32.6 Å². The smallest absolute Gasteiger partial charge is 0.128 e. The molecule has 0 spiro atoms. The van der Waals surface area contributed by atoms with Gasteiger partial charge in [0.05, 0.1) is 6.08 Å². The number of carbonyl (C=O) groups excluding carboxylic acids is 1. The summed E-state index contributed by atoms with van der Waals surface area (Å²) in [6.07, 6.45) is 6.71. The van der Waals surface area contributed by atoms with Crippen LogP contribution in [0.5, 0.6) is 0 Å². The summed E-state index contributed by atoms with van der Waals surface area (Å²) >= 11 is 0. The van der Waals surface area contributed by atoms with E-state index in [-0.39, 0.29) is 0 Å². The highest BCUT2D eigenvalue weighted by Crippen LogP contribution is 1.96. The molecule has 0 heterocycles. The first kappa shape index (κ1) is 7.45. The Bertz CT molecular complexity index is 80.4. The van der Waals surface area contributed by atoms with Crippen LogP contribution in [-0.2, 0) is 4.79 Å². The average molecular weight is 111 g/mol. The highest BCUT2D eigenvalue weighted by Gasteiger charge is 1.80. The molecule has 0 aromatic rings. The number of rotatable bonds is 4. The fraction of sp³-hybridized carbons (Fsp3) is 0.714. The van der Waals surface area contributed by atoms with Crippen molar-refractivity contribution in [2.24, 2.45) is 0 Å². The molecule has 0 N–H and O–H groups in total. The highest BCUT2D eigenvalue weighted by molar-refractivity contribution is 5.40. The first-order chi connectivity index (χ1) is 3.91. The van der Waals surface area contributed by atoms with Crippen LogP contribution in [0.3, 0.4) is 0 Å². The average Bonchev–Trinajstić information content (AvgIpc) is 1.81. The molecule has 8 heavy (non-hydrogen) atoms. The molecule has 0 saturated heterocycles. The number of allylic oxidation sites excluding steroid dienone is 1. The zero-order valence-electron chi connectivity index (χ0n) is 5.24. The molecule has 0 unspecified atom stereocenters. The lowest BCUT2D eigenvalue weighted by atomic mass is 10.2. The molecular formula is C7H11O. The van der Waals surface area contributed by atoms with Gasteiger partial charge in [0.1, 0.15) is 5.94 Å². The topological polar surface area (TPSA) is 17.1 Å². The summed E-state index contributed by atoms with van der Waals surface area (Å²) < 4.78 is 0. The summed E-state index contributed by atoms with van der Waals surface area (Å²) in [6, 6.07) is 0. The molecule has 0 fully saturated rings. The van der Waals surface area contributed by atoms with Gasteiger partial charge in [-0.15, -0.1) is 0 Å². The van der Waals surface area contributed by atoms with Gasteiger partial charge >= 0.3 is 0 Å². The van der Waals surface area contributed by atoms with Crippen molar-refractivity contribution >= 4 is 5.94 Å². The maximum atomic E-state index is 9.53. The van der Waals surface area contributed by atoms with Gasteiger partial charge in [0, 0.05) is 0 Å². The van der Waals surface area contributed by atoms with Crippen molar-refractivity contribution in [3.63, 3.8) is 0 Å². The van der Waals surface area contributed by atoms with E-state index in [9.17, 15) is 4.79 Å². The highest BCUT2D eigenvalue weighted by atomic mass is 16.1. The maximum absolute atomic E-state index is 9.53. The van der Waals surface area contributed by atoms with E-state index >= 15 is 0 Å². The minimum Gasteiger partial charge on any atom is -0.233 e. The van der Waals surface area contributed by atoms with Gasteiger partial charge in [0.15, 0.2) is 0 Å². The molecule has 0 aliphatic carbocycles. The van der Waals surface area contributed by atoms with E-state index in [0.717, 1.165) is 12.8 Å². The molecule has 0 rings (SSSR count). The lowest BCUT2D eigenvalue weighted by Crippen LogP contribution is -1.70. The predicted molar refractivity (Wildman–Crippen MR) is 33.1 cm³/mol. The minimum atomic E-state index is 0.775. The normalized spacial score (nSPS) is 8.12. The zero-order valence-corrected chi connectivity index (χ0v) is 5.24. The first-order valence-electron chi connectivity index (χ1n) is 3.01. The Balaban J connectivity index is 2.82.